The summed E-state index contributed by atoms with van der Waals surface area (Å²) in [6, 6.07) is 5.89. The van der Waals surface area contributed by atoms with E-state index >= 15 is 0 Å². The van der Waals surface area contributed by atoms with E-state index < -0.39 is 21.3 Å². The fraction of sp³-hybridized carbons (Fsp3) is 0.600. The number of allylic oxidation sites excluding steroid dienone is 1. The van der Waals surface area contributed by atoms with E-state index in [1.54, 1.807) is 7.11 Å². The largest absolute Gasteiger partial charge is 0.497 e. The highest BCUT2D eigenvalue weighted by Gasteiger charge is 2.60. The molecule has 1 fully saturated rings. The Kier molecular flexibility index (Phi) is 3.43. The minimum absolute atomic E-state index is 0.00999. The van der Waals surface area contributed by atoms with Crippen LogP contribution in [0, 0.1) is 5.92 Å². The summed E-state index contributed by atoms with van der Waals surface area (Å²) in [5, 5.41) is 0. The maximum atomic E-state index is 13.5. The van der Waals surface area contributed by atoms with Crippen molar-refractivity contribution in [2.75, 3.05) is 13.7 Å². The van der Waals surface area contributed by atoms with E-state index in [-0.39, 0.29) is 11.8 Å². The van der Waals surface area contributed by atoms with Gasteiger partial charge in [-0.2, -0.15) is 0 Å². The average molecular weight is 376 g/mol. The van der Waals surface area contributed by atoms with E-state index in [0.29, 0.717) is 12.6 Å². The standard InChI is InChI=1S/C20H24O5S/c1-19(2)14-11-23-15-10-12(22-3)6-7-13(15)16(14)17-18(24-19)25-20(26(17)21)8-4-5-9-20/h6-7,10,14,16H,4-5,8-9,11H2,1-3H3/t14-,16+,26?/m0/s1. The third kappa shape index (κ3) is 2.11. The van der Waals surface area contributed by atoms with Crippen molar-refractivity contribution >= 4 is 10.8 Å². The van der Waals surface area contributed by atoms with Gasteiger partial charge in [-0.25, -0.2) is 0 Å². The van der Waals surface area contributed by atoms with Crippen molar-refractivity contribution in [1.82, 2.24) is 0 Å². The fourth-order valence-electron chi connectivity index (χ4n) is 4.80. The van der Waals surface area contributed by atoms with E-state index in [2.05, 4.69) is 13.8 Å². The first-order valence-corrected chi connectivity index (χ1v) is 10.4. The van der Waals surface area contributed by atoms with E-state index in [1.165, 1.54) is 0 Å². The van der Waals surface area contributed by atoms with Crippen molar-refractivity contribution in [2.45, 2.75) is 56.0 Å². The molecular weight excluding hydrogens is 352 g/mol. The zero-order valence-corrected chi connectivity index (χ0v) is 16.2. The molecule has 1 aromatic rings. The van der Waals surface area contributed by atoms with Crippen molar-refractivity contribution in [2.24, 2.45) is 5.92 Å². The molecule has 0 radical (unpaired) electrons. The Morgan fingerprint density at radius 2 is 1.96 bits per heavy atom. The van der Waals surface area contributed by atoms with E-state index in [9.17, 15) is 4.21 Å². The molecule has 3 aliphatic heterocycles. The molecule has 1 unspecified atom stereocenters. The average Bonchev–Trinajstić information content (AvgIpc) is 3.19. The summed E-state index contributed by atoms with van der Waals surface area (Å²) in [5.41, 5.74) is 0.605. The summed E-state index contributed by atoms with van der Waals surface area (Å²) < 4.78 is 37.4. The van der Waals surface area contributed by atoms with Gasteiger partial charge in [0.15, 0.2) is 4.93 Å². The Labute approximate surface area is 156 Å². The van der Waals surface area contributed by atoms with Crippen LogP contribution in [0.25, 0.3) is 0 Å². The van der Waals surface area contributed by atoms with Gasteiger partial charge in [-0.3, -0.25) is 4.21 Å². The Balaban J connectivity index is 1.65. The van der Waals surface area contributed by atoms with Crippen LogP contribution in [0.2, 0.25) is 0 Å². The molecule has 0 saturated heterocycles. The Morgan fingerprint density at radius 1 is 1.19 bits per heavy atom. The third-order valence-electron chi connectivity index (χ3n) is 6.29. The molecule has 5 rings (SSSR count). The lowest BCUT2D eigenvalue weighted by Gasteiger charge is -2.45. The molecule has 3 atom stereocenters. The lowest BCUT2D eigenvalue weighted by Crippen LogP contribution is -2.47. The van der Waals surface area contributed by atoms with Crippen molar-refractivity contribution in [3.63, 3.8) is 0 Å². The molecule has 0 bridgehead atoms. The highest BCUT2D eigenvalue weighted by atomic mass is 32.2. The van der Waals surface area contributed by atoms with Crippen LogP contribution >= 0.6 is 0 Å². The minimum Gasteiger partial charge on any atom is -0.497 e. The Hall–Kier alpha value is -1.69. The van der Waals surface area contributed by atoms with Crippen LogP contribution in [0.3, 0.4) is 0 Å². The molecule has 3 heterocycles. The summed E-state index contributed by atoms with van der Waals surface area (Å²) >= 11 is 0. The van der Waals surface area contributed by atoms with Crippen LogP contribution in [0.15, 0.2) is 29.0 Å². The molecule has 1 aliphatic carbocycles. The molecule has 140 valence electrons. The third-order valence-corrected chi connectivity index (χ3v) is 8.28. The highest BCUT2D eigenvalue weighted by Crippen LogP contribution is 2.59. The molecule has 6 heteroatoms. The topological polar surface area (TPSA) is 54.0 Å². The van der Waals surface area contributed by atoms with E-state index in [1.807, 2.05) is 18.2 Å². The van der Waals surface area contributed by atoms with E-state index in [4.69, 9.17) is 18.9 Å². The van der Waals surface area contributed by atoms with Gasteiger partial charge in [0.05, 0.1) is 13.7 Å². The van der Waals surface area contributed by atoms with Gasteiger partial charge in [-0.1, -0.05) is 6.07 Å². The quantitative estimate of drug-likeness (QED) is 0.746. The van der Waals surface area contributed by atoms with Crippen molar-refractivity contribution in [3.05, 3.63) is 34.6 Å². The Morgan fingerprint density at radius 3 is 2.69 bits per heavy atom. The maximum Gasteiger partial charge on any atom is 0.294 e. The number of hydrogen-bond acceptors (Lipinski definition) is 5. The van der Waals surface area contributed by atoms with Gasteiger partial charge >= 0.3 is 0 Å². The van der Waals surface area contributed by atoms with Crippen LogP contribution in [0.5, 0.6) is 11.5 Å². The van der Waals surface area contributed by atoms with Crippen LogP contribution in [-0.2, 0) is 20.3 Å². The number of benzene rings is 1. The molecule has 0 N–H and O–H groups in total. The summed E-state index contributed by atoms with van der Waals surface area (Å²) in [5.74, 6) is 2.15. The van der Waals surface area contributed by atoms with Crippen LogP contribution in [0.1, 0.15) is 51.0 Å². The van der Waals surface area contributed by atoms with Gasteiger partial charge < -0.3 is 18.9 Å². The van der Waals surface area contributed by atoms with Crippen molar-refractivity contribution in [1.29, 1.82) is 0 Å². The lowest BCUT2D eigenvalue weighted by atomic mass is 9.74. The minimum atomic E-state index is -1.19. The van der Waals surface area contributed by atoms with Crippen molar-refractivity contribution in [3.8, 4) is 11.5 Å². The van der Waals surface area contributed by atoms with Gasteiger partial charge in [-0.05, 0) is 45.6 Å². The van der Waals surface area contributed by atoms with Gasteiger partial charge in [-0.15, -0.1) is 0 Å². The van der Waals surface area contributed by atoms with Gasteiger partial charge in [0.25, 0.3) is 5.95 Å². The monoisotopic (exact) mass is 376 g/mol. The first kappa shape index (κ1) is 16.5. The summed E-state index contributed by atoms with van der Waals surface area (Å²) in [4.78, 5) is 0.242. The smallest absolute Gasteiger partial charge is 0.294 e. The number of hydrogen-bond donors (Lipinski definition) is 0. The van der Waals surface area contributed by atoms with Gasteiger partial charge in [0, 0.05) is 23.5 Å². The van der Waals surface area contributed by atoms with Crippen LogP contribution < -0.4 is 9.47 Å². The highest BCUT2D eigenvalue weighted by molar-refractivity contribution is 7.90. The molecular formula is C20H24O5S. The second-order valence-electron chi connectivity index (χ2n) is 8.14. The van der Waals surface area contributed by atoms with Crippen LogP contribution in [0.4, 0.5) is 0 Å². The summed E-state index contributed by atoms with van der Waals surface area (Å²) in [6.07, 6.45) is 3.78. The fourth-order valence-corrected chi connectivity index (χ4v) is 6.77. The number of fused-ring (bicyclic) bond motifs is 4. The van der Waals surface area contributed by atoms with Gasteiger partial charge in [0.1, 0.15) is 32.8 Å². The zero-order valence-electron chi connectivity index (χ0n) is 15.4. The predicted octanol–water partition coefficient (Wildman–Crippen LogP) is 3.81. The SMILES string of the molecule is COc1ccc2c(c1)OC[C@H]1[C@@H]2C2=C(OC1(C)C)OC1(CCCC1)S2=O. The number of rotatable bonds is 1. The Bertz CT molecular complexity index is 821. The molecule has 1 saturated carbocycles. The normalized spacial score (nSPS) is 32.8. The van der Waals surface area contributed by atoms with E-state index in [0.717, 1.165) is 47.7 Å². The molecule has 1 aromatic carbocycles. The second-order valence-corrected chi connectivity index (χ2v) is 9.87. The first-order valence-electron chi connectivity index (χ1n) is 9.30. The summed E-state index contributed by atoms with van der Waals surface area (Å²) in [6.45, 7) is 4.66. The molecule has 0 aromatic heterocycles. The predicted molar refractivity (Wildman–Crippen MR) is 97.3 cm³/mol. The summed E-state index contributed by atoms with van der Waals surface area (Å²) in [7, 11) is 0.454. The van der Waals surface area contributed by atoms with Gasteiger partial charge in [0.2, 0.25) is 0 Å². The zero-order chi connectivity index (χ0) is 18.1. The van der Waals surface area contributed by atoms with Crippen molar-refractivity contribution < 1.29 is 23.2 Å². The number of ether oxygens (including phenoxy) is 4. The maximum absolute atomic E-state index is 13.5. The molecule has 5 nitrogen and oxygen atoms in total. The number of methoxy groups -OCH3 is 1. The lowest BCUT2D eigenvalue weighted by molar-refractivity contribution is -0.128. The first-order chi connectivity index (χ1) is 12.5. The molecule has 26 heavy (non-hydrogen) atoms. The second kappa shape index (κ2) is 5.41. The molecule has 4 aliphatic rings. The van der Waals surface area contributed by atoms with Crippen LogP contribution in [-0.4, -0.2) is 28.5 Å². The molecule has 1 spiro atoms. The molecule has 0 amide bonds.